The number of hydrogen-bond donors (Lipinski definition) is 1. The van der Waals surface area contributed by atoms with E-state index in [4.69, 9.17) is 4.74 Å². The fourth-order valence-electron chi connectivity index (χ4n) is 2.50. The highest BCUT2D eigenvalue weighted by Crippen LogP contribution is 2.28. The first-order chi connectivity index (χ1) is 13.8. The molecule has 152 valence electrons. The van der Waals surface area contributed by atoms with Gasteiger partial charge in [0.25, 0.3) is 5.69 Å². The first-order valence-electron chi connectivity index (χ1n) is 8.68. The Hall–Kier alpha value is -3.20. The lowest BCUT2D eigenvalue weighted by Crippen LogP contribution is -2.22. The highest BCUT2D eigenvalue weighted by molar-refractivity contribution is 7.98. The molecule has 0 saturated heterocycles. The van der Waals surface area contributed by atoms with Crippen molar-refractivity contribution in [3.63, 3.8) is 0 Å². The molecule has 9 heteroatoms. The smallest absolute Gasteiger partial charge is 0.338 e. The third-order valence-corrected chi connectivity index (χ3v) is 4.79. The maximum atomic E-state index is 12.2. The van der Waals surface area contributed by atoms with Crippen LogP contribution in [0.5, 0.6) is 0 Å². The molecule has 0 aliphatic heterocycles. The molecule has 0 aliphatic carbocycles. The van der Waals surface area contributed by atoms with Crippen molar-refractivity contribution in [1.29, 1.82) is 0 Å². The summed E-state index contributed by atoms with van der Waals surface area (Å²) in [4.78, 5) is 46.2. The van der Waals surface area contributed by atoms with Crippen molar-refractivity contribution in [3.8, 4) is 0 Å². The summed E-state index contributed by atoms with van der Waals surface area (Å²) in [6.45, 7) is 1.47. The Morgan fingerprint density at radius 3 is 2.34 bits per heavy atom. The summed E-state index contributed by atoms with van der Waals surface area (Å²) in [6, 6.07) is 10.8. The molecule has 1 N–H and O–H groups in total. The minimum atomic E-state index is -0.805. The number of rotatable bonds is 9. The highest BCUT2D eigenvalue weighted by atomic mass is 32.2. The second-order valence-electron chi connectivity index (χ2n) is 6.07. The Kier molecular flexibility index (Phi) is 7.90. The molecule has 0 aromatic heterocycles. The standard InChI is InChI=1S/C20H20N2O6S/c1-13(23)21-10-9-14-3-5-15(6-4-14)18(24)12-28-20(25)16-7-8-19(29-2)17(11-16)22(26)27/h3-8,11H,9-10,12H2,1-2H3,(H,21,23). The summed E-state index contributed by atoms with van der Waals surface area (Å²) >= 11 is 1.20. The van der Waals surface area contributed by atoms with E-state index in [0.29, 0.717) is 23.4 Å². The predicted octanol–water partition coefficient (Wildman–Crippen LogP) is 3.04. The van der Waals surface area contributed by atoms with Crippen LogP contribution in [0, 0.1) is 10.1 Å². The van der Waals surface area contributed by atoms with Gasteiger partial charge in [0.05, 0.1) is 15.4 Å². The summed E-state index contributed by atoms with van der Waals surface area (Å²) in [5, 5.41) is 13.8. The number of carbonyl (C=O) groups is 3. The van der Waals surface area contributed by atoms with E-state index in [1.54, 1.807) is 30.5 Å². The molecule has 0 spiro atoms. The molecule has 0 fully saturated rings. The van der Waals surface area contributed by atoms with Crippen LogP contribution in [-0.2, 0) is 16.0 Å². The van der Waals surface area contributed by atoms with Gasteiger partial charge in [-0.25, -0.2) is 4.79 Å². The van der Waals surface area contributed by atoms with Crippen LogP contribution in [0.15, 0.2) is 47.4 Å². The number of nitro benzene ring substituents is 1. The fraction of sp³-hybridized carbons (Fsp3) is 0.250. The van der Waals surface area contributed by atoms with Crippen LogP contribution in [0.4, 0.5) is 5.69 Å². The largest absolute Gasteiger partial charge is 0.454 e. The van der Waals surface area contributed by atoms with Crippen molar-refractivity contribution in [2.75, 3.05) is 19.4 Å². The summed E-state index contributed by atoms with van der Waals surface area (Å²) in [6.07, 6.45) is 2.33. The quantitative estimate of drug-likeness (QED) is 0.220. The Bertz CT molecular complexity index is 927. The summed E-state index contributed by atoms with van der Waals surface area (Å²) in [5.41, 5.74) is 1.15. The number of nitrogens with one attached hydrogen (secondary N) is 1. The van der Waals surface area contributed by atoms with Crippen molar-refractivity contribution in [2.24, 2.45) is 0 Å². The molecule has 2 rings (SSSR count). The van der Waals surface area contributed by atoms with E-state index in [1.807, 2.05) is 0 Å². The minimum Gasteiger partial charge on any atom is -0.454 e. The number of nitrogens with zero attached hydrogens (tertiary/aromatic N) is 1. The lowest BCUT2D eigenvalue weighted by molar-refractivity contribution is -0.387. The van der Waals surface area contributed by atoms with Crippen LogP contribution < -0.4 is 5.32 Å². The Labute approximate surface area is 171 Å². The number of ether oxygens (including phenoxy) is 1. The molecule has 0 unspecified atom stereocenters. The molecule has 8 nitrogen and oxygen atoms in total. The maximum Gasteiger partial charge on any atom is 0.338 e. The Morgan fingerprint density at radius 1 is 1.10 bits per heavy atom. The number of amides is 1. The zero-order chi connectivity index (χ0) is 21.4. The molecule has 0 radical (unpaired) electrons. The van der Waals surface area contributed by atoms with Gasteiger partial charge in [-0.1, -0.05) is 24.3 Å². The van der Waals surface area contributed by atoms with Gasteiger partial charge in [0.15, 0.2) is 12.4 Å². The van der Waals surface area contributed by atoms with E-state index in [9.17, 15) is 24.5 Å². The molecule has 0 aliphatic rings. The van der Waals surface area contributed by atoms with E-state index in [2.05, 4.69) is 5.32 Å². The van der Waals surface area contributed by atoms with E-state index >= 15 is 0 Å². The van der Waals surface area contributed by atoms with Gasteiger partial charge in [-0.15, -0.1) is 11.8 Å². The lowest BCUT2D eigenvalue weighted by Gasteiger charge is -2.07. The Morgan fingerprint density at radius 2 is 1.76 bits per heavy atom. The van der Waals surface area contributed by atoms with Crippen LogP contribution in [0.1, 0.15) is 33.2 Å². The zero-order valence-corrected chi connectivity index (χ0v) is 16.8. The molecular formula is C20H20N2O6S. The van der Waals surface area contributed by atoms with Crippen LogP contribution in [0.3, 0.4) is 0 Å². The second kappa shape index (κ2) is 10.4. The molecule has 0 bridgehead atoms. The number of hydrogen-bond acceptors (Lipinski definition) is 7. The van der Waals surface area contributed by atoms with E-state index in [1.165, 1.54) is 30.8 Å². The van der Waals surface area contributed by atoms with Crippen LogP contribution >= 0.6 is 11.8 Å². The van der Waals surface area contributed by atoms with Gasteiger partial charge in [-0.3, -0.25) is 19.7 Å². The molecule has 0 atom stereocenters. The lowest BCUT2D eigenvalue weighted by atomic mass is 10.1. The first kappa shape index (κ1) is 22.1. The van der Waals surface area contributed by atoms with E-state index in [0.717, 1.165) is 11.6 Å². The average molecular weight is 416 g/mol. The average Bonchev–Trinajstić information content (AvgIpc) is 2.71. The zero-order valence-electron chi connectivity index (χ0n) is 16.0. The Balaban J connectivity index is 1.94. The second-order valence-corrected chi connectivity index (χ2v) is 6.92. The summed E-state index contributed by atoms with van der Waals surface area (Å²) in [7, 11) is 0. The molecule has 0 heterocycles. The highest BCUT2D eigenvalue weighted by Gasteiger charge is 2.19. The minimum absolute atomic E-state index is 0.00983. The van der Waals surface area contributed by atoms with Crippen molar-refractivity contribution >= 4 is 35.1 Å². The third-order valence-electron chi connectivity index (χ3n) is 4.01. The van der Waals surface area contributed by atoms with Crippen molar-refractivity contribution in [3.05, 3.63) is 69.3 Å². The number of thioether (sulfide) groups is 1. The topological polar surface area (TPSA) is 116 Å². The number of ketones is 1. The van der Waals surface area contributed by atoms with Crippen molar-refractivity contribution < 1.29 is 24.0 Å². The number of carbonyl (C=O) groups excluding carboxylic acids is 3. The SMILES string of the molecule is CSc1ccc(C(=O)OCC(=O)c2ccc(CCNC(C)=O)cc2)cc1[N+](=O)[O-]. The number of benzene rings is 2. The summed E-state index contributed by atoms with van der Waals surface area (Å²) in [5.74, 6) is -1.30. The predicted molar refractivity (Wildman–Crippen MR) is 108 cm³/mol. The van der Waals surface area contributed by atoms with Gasteiger partial charge >= 0.3 is 5.97 Å². The number of nitro groups is 1. The molecular weight excluding hydrogens is 396 g/mol. The molecule has 0 saturated carbocycles. The van der Waals surface area contributed by atoms with Gasteiger partial charge < -0.3 is 10.1 Å². The van der Waals surface area contributed by atoms with Crippen molar-refractivity contribution in [2.45, 2.75) is 18.2 Å². The van der Waals surface area contributed by atoms with Crippen LogP contribution in [0.25, 0.3) is 0 Å². The fourth-order valence-corrected chi connectivity index (χ4v) is 3.04. The van der Waals surface area contributed by atoms with Gasteiger partial charge in [0, 0.05) is 25.1 Å². The molecule has 2 aromatic rings. The van der Waals surface area contributed by atoms with Crippen LogP contribution in [0.2, 0.25) is 0 Å². The summed E-state index contributed by atoms with van der Waals surface area (Å²) < 4.78 is 5.01. The monoisotopic (exact) mass is 416 g/mol. The first-order valence-corrected chi connectivity index (χ1v) is 9.90. The van der Waals surface area contributed by atoms with E-state index < -0.39 is 17.5 Å². The normalized spacial score (nSPS) is 10.3. The van der Waals surface area contributed by atoms with Crippen LogP contribution in [-0.4, -0.2) is 42.0 Å². The molecule has 1 amide bonds. The number of esters is 1. The maximum absolute atomic E-state index is 12.2. The third kappa shape index (κ3) is 6.42. The van der Waals surface area contributed by atoms with Gasteiger partial charge in [0.1, 0.15) is 0 Å². The number of Topliss-reactive ketones (excluding diaryl/α,β-unsaturated/α-hetero) is 1. The van der Waals surface area contributed by atoms with E-state index in [-0.39, 0.29) is 22.9 Å². The van der Waals surface area contributed by atoms with Gasteiger partial charge in [-0.05, 0) is 30.4 Å². The van der Waals surface area contributed by atoms with Crippen molar-refractivity contribution in [1.82, 2.24) is 5.32 Å². The van der Waals surface area contributed by atoms with Gasteiger partial charge in [-0.2, -0.15) is 0 Å². The molecule has 29 heavy (non-hydrogen) atoms. The van der Waals surface area contributed by atoms with Gasteiger partial charge in [0.2, 0.25) is 5.91 Å². The molecule has 2 aromatic carbocycles.